The average molecular weight is 126 g/mol. The van der Waals surface area contributed by atoms with Crippen molar-refractivity contribution in [1.82, 2.24) is 0 Å². The van der Waals surface area contributed by atoms with E-state index in [1.165, 1.54) is 5.57 Å². The predicted molar refractivity (Wildman–Crippen MR) is 41.6 cm³/mol. The van der Waals surface area contributed by atoms with Crippen LogP contribution in [0, 0.1) is 0 Å². The lowest BCUT2D eigenvalue weighted by molar-refractivity contribution is 1.09. The van der Waals surface area contributed by atoms with Crippen LogP contribution in [0.3, 0.4) is 0 Å². The van der Waals surface area contributed by atoms with Crippen LogP contribution in [-0.2, 0) is 0 Å². The van der Waals surface area contributed by atoms with Gasteiger partial charge in [0.15, 0.2) is 0 Å². The van der Waals surface area contributed by atoms with E-state index in [4.69, 9.17) is 5.73 Å². The van der Waals surface area contributed by atoms with E-state index in [-0.39, 0.29) is 0 Å². The van der Waals surface area contributed by atoms with Crippen molar-refractivity contribution in [2.45, 2.75) is 20.3 Å². The van der Waals surface area contributed by atoms with Gasteiger partial charge in [-0.3, -0.25) is 4.99 Å². The molecule has 0 bridgehead atoms. The Morgan fingerprint density at radius 1 is 1.67 bits per heavy atom. The molecule has 0 radical (unpaired) electrons. The van der Waals surface area contributed by atoms with Crippen LogP contribution in [0.2, 0.25) is 0 Å². The van der Waals surface area contributed by atoms with Crippen molar-refractivity contribution in [3.8, 4) is 0 Å². The minimum Gasteiger partial charge on any atom is -0.326 e. The molecule has 9 heavy (non-hydrogen) atoms. The maximum Gasteiger partial charge on any atom is 0.0283 e. The third-order valence-corrected chi connectivity index (χ3v) is 1.06. The van der Waals surface area contributed by atoms with Gasteiger partial charge in [0.1, 0.15) is 0 Å². The number of aliphatic imine (C=N–C) groups is 1. The van der Waals surface area contributed by atoms with Crippen molar-refractivity contribution in [3.63, 3.8) is 0 Å². The van der Waals surface area contributed by atoms with Crippen LogP contribution < -0.4 is 5.73 Å². The molecule has 0 heterocycles. The molecule has 0 rings (SSSR count). The van der Waals surface area contributed by atoms with E-state index in [0.717, 1.165) is 6.42 Å². The van der Waals surface area contributed by atoms with Crippen LogP contribution in [0.5, 0.6) is 0 Å². The van der Waals surface area contributed by atoms with Gasteiger partial charge in [0.2, 0.25) is 0 Å². The maximum absolute atomic E-state index is 5.18. The summed E-state index contributed by atoms with van der Waals surface area (Å²) in [4.78, 5) is 3.95. The Balaban J connectivity index is 3.55. The largest absolute Gasteiger partial charge is 0.326 e. The molecule has 0 aliphatic rings. The van der Waals surface area contributed by atoms with E-state index in [9.17, 15) is 0 Å². The lowest BCUT2D eigenvalue weighted by atomic mass is 10.3. The number of nitrogens with zero attached hydrogens (tertiary/aromatic N) is 1. The summed E-state index contributed by atoms with van der Waals surface area (Å²) < 4.78 is 0. The SMILES string of the molecule is CC/C(C)=C\N=C/CN. The monoisotopic (exact) mass is 126 g/mol. The van der Waals surface area contributed by atoms with Gasteiger partial charge in [0.05, 0.1) is 0 Å². The Bertz CT molecular complexity index is 114. The first-order chi connectivity index (χ1) is 4.31. The average Bonchev–Trinajstić information content (AvgIpc) is 1.89. The second-order valence-corrected chi connectivity index (χ2v) is 1.90. The van der Waals surface area contributed by atoms with Crippen molar-refractivity contribution in [3.05, 3.63) is 11.8 Å². The van der Waals surface area contributed by atoms with Crippen LogP contribution >= 0.6 is 0 Å². The molecule has 0 atom stereocenters. The van der Waals surface area contributed by atoms with Gasteiger partial charge in [-0.25, -0.2) is 0 Å². The number of hydrogen-bond donors (Lipinski definition) is 1. The second-order valence-electron chi connectivity index (χ2n) is 1.90. The summed E-state index contributed by atoms with van der Waals surface area (Å²) in [6.07, 6.45) is 4.59. The highest BCUT2D eigenvalue weighted by Gasteiger charge is 1.77. The summed E-state index contributed by atoms with van der Waals surface area (Å²) in [5.74, 6) is 0. The summed E-state index contributed by atoms with van der Waals surface area (Å²) >= 11 is 0. The minimum absolute atomic E-state index is 0.521. The Hall–Kier alpha value is -0.630. The van der Waals surface area contributed by atoms with Gasteiger partial charge in [0.25, 0.3) is 0 Å². The topological polar surface area (TPSA) is 38.4 Å². The molecule has 0 aromatic rings. The normalized spacial score (nSPS) is 13.0. The quantitative estimate of drug-likeness (QED) is 0.569. The summed E-state index contributed by atoms with van der Waals surface area (Å²) in [6.45, 7) is 4.67. The smallest absolute Gasteiger partial charge is 0.0283 e. The first-order valence-corrected chi connectivity index (χ1v) is 3.18. The number of allylic oxidation sites excluding steroid dienone is 1. The molecule has 0 aliphatic heterocycles. The van der Waals surface area contributed by atoms with E-state index >= 15 is 0 Å². The lowest BCUT2D eigenvalue weighted by Gasteiger charge is -1.87. The fourth-order valence-electron chi connectivity index (χ4n) is 0.332. The zero-order valence-electron chi connectivity index (χ0n) is 6.09. The van der Waals surface area contributed by atoms with E-state index in [0.29, 0.717) is 6.54 Å². The first-order valence-electron chi connectivity index (χ1n) is 3.18. The molecule has 0 fully saturated rings. The predicted octanol–water partition coefficient (Wildman–Crippen LogP) is 1.33. The Morgan fingerprint density at radius 2 is 2.33 bits per heavy atom. The molecule has 0 unspecified atom stereocenters. The molecule has 2 N–H and O–H groups in total. The van der Waals surface area contributed by atoms with Gasteiger partial charge in [-0.1, -0.05) is 12.5 Å². The van der Waals surface area contributed by atoms with Gasteiger partial charge in [-0.05, 0) is 13.3 Å². The molecule has 0 saturated heterocycles. The highest BCUT2D eigenvalue weighted by atomic mass is 14.7. The molecule has 0 aliphatic carbocycles. The molecule has 2 nitrogen and oxygen atoms in total. The summed E-state index contributed by atoms with van der Waals surface area (Å²) in [5, 5.41) is 0. The van der Waals surface area contributed by atoms with Crippen molar-refractivity contribution in [2.75, 3.05) is 6.54 Å². The van der Waals surface area contributed by atoms with Crippen molar-refractivity contribution >= 4 is 6.21 Å². The van der Waals surface area contributed by atoms with E-state index in [1.54, 1.807) is 6.21 Å². The lowest BCUT2D eigenvalue weighted by Crippen LogP contribution is -1.97. The Labute approximate surface area is 56.5 Å². The second kappa shape index (κ2) is 5.51. The Kier molecular flexibility index (Phi) is 5.12. The Morgan fingerprint density at radius 3 is 2.78 bits per heavy atom. The minimum atomic E-state index is 0.521. The van der Waals surface area contributed by atoms with Crippen LogP contribution in [0.4, 0.5) is 0 Å². The fraction of sp³-hybridized carbons (Fsp3) is 0.571. The summed E-state index contributed by atoms with van der Waals surface area (Å²) in [7, 11) is 0. The highest BCUT2D eigenvalue weighted by molar-refractivity contribution is 5.60. The van der Waals surface area contributed by atoms with E-state index < -0.39 is 0 Å². The summed E-state index contributed by atoms with van der Waals surface area (Å²) in [6, 6.07) is 0. The number of nitrogens with two attached hydrogens (primary N) is 1. The van der Waals surface area contributed by atoms with Gasteiger partial charge in [0, 0.05) is 19.0 Å². The molecule has 2 heteroatoms. The highest BCUT2D eigenvalue weighted by Crippen LogP contribution is 1.96. The van der Waals surface area contributed by atoms with Gasteiger partial charge >= 0.3 is 0 Å². The van der Waals surface area contributed by atoms with Gasteiger partial charge in [-0.2, -0.15) is 0 Å². The third kappa shape index (κ3) is 5.24. The van der Waals surface area contributed by atoms with Crippen molar-refractivity contribution in [2.24, 2.45) is 10.7 Å². The van der Waals surface area contributed by atoms with Crippen LogP contribution in [0.1, 0.15) is 20.3 Å². The molecular formula is C7H14N2. The zero-order chi connectivity index (χ0) is 7.11. The van der Waals surface area contributed by atoms with Gasteiger partial charge in [-0.15, -0.1) is 0 Å². The first kappa shape index (κ1) is 8.37. The molecular weight excluding hydrogens is 112 g/mol. The van der Waals surface area contributed by atoms with E-state index in [1.807, 2.05) is 13.1 Å². The van der Waals surface area contributed by atoms with E-state index in [2.05, 4.69) is 11.9 Å². The summed E-state index contributed by atoms with van der Waals surface area (Å²) in [5.41, 5.74) is 6.46. The standard InChI is InChI=1S/C7H14N2/c1-3-7(2)6-9-5-4-8/h5-6H,3-4,8H2,1-2H3/b7-6-,9-5-. The molecule has 0 aromatic carbocycles. The molecule has 0 amide bonds. The third-order valence-electron chi connectivity index (χ3n) is 1.06. The van der Waals surface area contributed by atoms with Crippen molar-refractivity contribution < 1.29 is 0 Å². The number of hydrogen-bond acceptors (Lipinski definition) is 2. The number of rotatable bonds is 3. The molecule has 0 spiro atoms. The fourth-order valence-corrected chi connectivity index (χ4v) is 0.332. The van der Waals surface area contributed by atoms with Crippen LogP contribution in [0.25, 0.3) is 0 Å². The van der Waals surface area contributed by atoms with Crippen LogP contribution in [-0.4, -0.2) is 12.8 Å². The van der Waals surface area contributed by atoms with Crippen molar-refractivity contribution in [1.29, 1.82) is 0 Å². The zero-order valence-corrected chi connectivity index (χ0v) is 6.09. The molecule has 0 aromatic heterocycles. The maximum atomic E-state index is 5.18. The molecule has 0 saturated carbocycles. The van der Waals surface area contributed by atoms with Crippen LogP contribution in [0.15, 0.2) is 16.8 Å². The molecule has 52 valence electrons. The van der Waals surface area contributed by atoms with Gasteiger partial charge < -0.3 is 5.73 Å².